The molecule has 2 atom stereocenters. The second kappa shape index (κ2) is 5.62. The van der Waals surface area contributed by atoms with Crippen molar-refractivity contribution >= 4 is 11.6 Å². The number of ether oxygens (including phenoxy) is 1. The van der Waals surface area contributed by atoms with Crippen molar-refractivity contribution in [2.75, 3.05) is 6.61 Å². The van der Waals surface area contributed by atoms with Crippen LogP contribution in [0.1, 0.15) is 37.4 Å². The quantitative estimate of drug-likeness (QED) is 0.882. The Kier molecular flexibility index (Phi) is 4.16. The van der Waals surface area contributed by atoms with Gasteiger partial charge in [0.05, 0.1) is 17.2 Å². The summed E-state index contributed by atoms with van der Waals surface area (Å²) < 4.78 is 5.51. The zero-order chi connectivity index (χ0) is 11.4. The van der Waals surface area contributed by atoms with Crippen molar-refractivity contribution < 1.29 is 9.84 Å². The van der Waals surface area contributed by atoms with E-state index in [1.165, 1.54) is 0 Å². The van der Waals surface area contributed by atoms with Crippen molar-refractivity contribution in [1.29, 1.82) is 0 Å². The van der Waals surface area contributed by atoms with Gasteiger partial charge in [-0.1, -0.05) is 11.6 Å². The largest absolute Gasteiger partial charge is 0.388 e. The number of pyridine rings is 1. The van der Waals surface area contributed by atoms with Crippen LogP contribution in [-0.4, -0.2) is 22.8 Å². The summed E-state index contributed by atoms with van der Waals surface area (Å²) in [7, 11) is 0. The molecule has 3 nitrogen and oxygen atoms in total. The van der Waals surface area contributed by atoms with Gasteiger partial charge in [0, 0.05) is 24.6 Å². The molecule has 1 N–H and O–H groups in total. The molecule has 2 unspecified atom stereocenters. The van der Waals surface area contributed by atoms with Crippen LogP contribution in [0.4, 0.5) is 0 Å². The summed E-state index contributed by atoms with van der Waals surface area (Å²) in [6.45, 7) is 0.858. The first-order valence-electron chi connectivity index (χ1n) is 5.66. The fraction of sp³-hybridized carbons (Fsp3) is 0.583. The van der Waals surface area contributed by atoms with E-state index in [1.807, 2.05) is 0 Å². The monoisotopic (exact) mass is 241 g/mol. The highest BCUT2D eigenvalue weighted by Gasteiger charge is 2.18. The molecule has 1 aliphatic rings. The Morgan fingerprint density at radius 3 is 3.19 bits per heavy atom. The van der Waals surface area contributed by atoms with Crippen molar-refractivity contribution in [2.24, 2.45) is 0 Å². The topological polar surface area (TPSA) is 42.4 Å². The highest BCUT2D eigenvalue weighted by Crippen LogP contribution is 2.27. The minimum Gasteiger partial charge on any atom is -0.388 e. The molecule has 1 aromatic rings. The third-order valence-electron chi connectivity index (χ3n) is 2.95. The van der Waals surface area contributed by atoms with Crippen LogP contribution >= 0.6 is 11.6 Å². The first kappa shape index (κ1) is 11.8. The lowest BCUT2D eigenvalue weighted by Gasteiger charge is -2.14. The van der Waals surface area contributed by atoms with Gasteiger partial charge in [0.25, 0.3) is 0 Å². The number of aliphatic hydroxyl groups is 1. The molecule has 2 rings (SSSR count). The first-order valence-corrected chi connectivity index (χ1v) is 6.04. The molecular formula is C12H16ClNO2. The Hall–Kier alpha value is -0.640. The fourth-order valence-electron chi connectivity index (χ4n) is 2.03. The normalized spacial score (nSPS) is 22.2. The Morgan fingerprint density at radius 2 is 2.50 bits per heavy atom. The lowest BCUT2D eigenvalue weighted by atomic mass is 10.0. The Balaban J connectivity index is 1.87. The van der Waals surface area contributed by atoms with E-state index in [2.05, 4.69) is 4.98 Å². The molecule has 2 heterocycles. The van der Waals surface area contributed by atoms with E-state index < -0.39 is 6.10 Å². The SMILES string of the molecule is OC(CCC1CCCO1)c1ccncc1Cl. The summed E-state index contributed by atoms with van der Waals surface area (Å²) in [5.74, 6) is 0. The summed E-state index contributed by atoms with van der Waals surface area (Å²) in [6.07, 6.45) is 6.83. The molecule has 88 valence electrons. The summed E-state index contributed by atoms with van der Waals surface area (Å²) in [5, 5.41) is 10.5. The van der Waals surface area contributed by atoms with Crippen molar-refractivity contribution in [3.8, 4) is 0 Å². The fourth-order valence-corrected chi connectivity index (χ4v) is 2.27. The average Bonchev–Trinajstić information content (AvgIpc) is 2.79. The molecule has 1 aromatic heterocycles. The maximum absolute atomic E-state index is 9.99. The molecule has 0 aromatic carbocycles. The van der Waals surface area contributed by atoms with Crippen LogP contribution in [0.2, 0.25) is 5.02 Å². The van der Waals surface area contributed by atoms with Crippen molar-refractivity contribution in [1.82, 2.24) is 4.98 Å². The van der Waals surface area contributed by atoms with E-state index in [4.69, 9.17) is 16.3 Å². The van der Waals surface area contributed by atoms with Gasteiger partial charge in [0.2, 0.25) is 0 Å². The van der Waals surface area contributed by atoms with Gasteiger partial charge in [-0.3, -0.25) is 4.98 Å². The Labute approximate surface area is 100 Å². The number of halogens is 1. The minimum atomic E-state index is -0.514. The average molecular weight is 242 g/mol. The molecule has 0 bridgehead atoms. The highest BCUT2D eigenvalue weighted by atomic mass is 35.5. The molecule has 0 amide bonds. The van der Waals surface area contributed by atoms with E-state index >= 15 is 0 Å². The standard InChI is InChI=1S/C12H16ClNO2/c13-11-8-14-6-5-10(11)12(15)4-3-9-2-1-7-16-9/h5-6,8-9,12,15H,1-4,7H2. The molecule has 0 spiro atoms. The number of nitrogens with zero attached hydrogens (tertiary/aromatic N) is 1. The van der Waals surface area contributed by atoms with E-state index in [1.54, 1.807) is 18.5 Å². The number of aromatic nitrogens is 1. The van der Waals surface area contributed by atoms with Gasteiger partial charge in [-0.2, -0.15) is 0 Å². The molecular weight excluding hydrogens is 226 g/mol. The second-order valence-electron chi connectivity index (χ2n) is 4.13. The zero-order valence-corrected chi connectivity index (χ0v) is 9.86. The smallest absolute Gasteiger partial charge is 0.0806 e. The molecule has 0 saturated carbocycles. The molecule has 1 saturated heterocycles. The number of aliphatic hydroxyl groups excluding tert-OH is 1. The van der Waals surface area contributed by atoms with Crippen molar-refractivity contribution in [3.63, 3.8) is 0 Å². The van der Waals surface area contributed by atoms with Crippen LogP contribution in [-0.2, 0) is 4.74 Å². The van der Waals surface area contributed by atoms with Crippen molar-refractivity contribution in [2.45, 2.75) is 37.9 Å². The number of hydrogen-bond acceptors (Lipinski definition) is 3. The summed E-state index contributed by atoms with van der Waals surface area (Å²) in [5.41, 5.74) is 0.759. The van der Waals surface area contributed by atoms with Gasteiger partial charge in [-0.15, -0.1) is 0 Å². The minimum absolute atomic E-state index is 0.315. The van der Waals surface area contributed by atoms with E-state index in [9.17, 15) is 5.11 Å². The van der Waals surface area contributed by atoms with Gasteiger partial charge in [-0.25, -0.2) is 0 Å². The van der Waals surface area contributed by atoms with Crippen LogP contribution in [0.25, 0.3) is 0 Å². The Morgan fingerprint density at radius 1 is 1.62 bits per heavy atom. The number of rotatable bonds is 4. The molecule has 4 heteroatoms. The van der Waals surface area contributed by atoms with Crippen LogP contribution in [0.15, 0.2) is 18.5 Å². The number of hydrogen-bond donors (Lipinski definition) is 1. The van der Waals surface area contributed by atoms with Crippen molar-refractivity contribution in [3.05, 3.63) is 29.0 Å². The van der Waals surface area contributed by atoms with Gasteiger partial charge in [0.1, 0.15) is 0 Å². The lowest BCUT2D eigenvalue weighted by Crippen LogP contribution is -2.08. The second-order valence-corrected chi connectivity index (χ2v) is 4.53. The molecule has 16 heavy (non-hydrogen) atoms. The van der Waals surface area contributed by atoms with Crippen LogP contribution in [0.5, 0.6) is 0 Å². The third kappa shape index (κ3) is 2.94. The van der Waals surface area contributed by atoms with E-state index in [0.717, 1.165) is 31.4 Å². The predicted molar refractivity (Wildman–Crippen MR) is 62.4 cm³/mol. The maximum atomic E-state index is 9.99. The van der Waals surface area contributed by atoms with Gasteiger partial charge >= 0.3 is 0 Å². The van der Waals surface area contributed by atoms with E-state index in [-0.39, 0.29) is 0 Å². The first-order chi connectivity index (χ1) is 7.77. The summed E-state index contributed by atoms with van der Waals surface area (Å²) >= 11 is 5.96. The van der Waals surface area contributed by atoms with Gasteiger partial charge in [0.15, 0.2) is 0 Å². The molecule has 1 fully saturated rings. The third-order valence-corrected chi connectivity index (χ3v) is 3.26. The zero-order valence-electron chi connectivity index (χ0n) is 9.10. The van der Waals surface area contributed by atoms with Crippen LogP contribution in [0, 0.1) is 0 Å². The van der Waals surface area contributed by atoms with Crippen LogP contribution < -0.4 is 0 Å². The highest BCUT2D eigenvalue weighted by molar-refractivity contribution is 6.31. The molecule has 0 radical (unpaired) electrons. The van der Waals surface area contributed by atoms with Gasteiger partial charge < -0.3 is 9.84 Å². The lowest BCUT2D eigenvalue weighted by molar-refractivity contribution is 0.0812. The van der Waals surface area contributed by atoms with Crippen LogP contribution in [0.3, 0.4) is 0 Å². The summed E-state index contributed by atoms with van der Waals surface area (Å²) in [4.78, 5) is 3.90. The molecule has 0 aliphatic carbocycles. The molecule has 1 aliphatic heterocycles. The predicted octanol–water partition coefficient (Wildman–Crippen LogP) is 2.73. The Bertz CT molecular complexity index is 340. The van der Waals surface area contributed by atoms with Gasteiger partial charge in [-0.05, 0) is 31.7 Å². The van der Waals surface area contributed by atoms with E-state index in [0.29, 0.717) is 17.5 Å². The maximum Gasteiger partial charge on any atom is 0.0806 e. The summed E-state index contributed by atoms with van der Waals surface area (Å²) in [6, 6.07) is 1.77.